The van der Waals surface area contributed by atoms with Crippen LogP contribution in [-0.2, 0) is 20.7 Å². The van der Waals surface area contributed by atoms with E-state index in [0.717, 1.165) is 56.6 Å². The number of rotatable bonds is 5. The maximum absolute atomic E-state index is 13.3. The molecular formula is C21H26N8O3. The monoisotopic (exact) mass is 438 g/mol. The molecule has 0 bridgehead atoms. The number of amides is 1. The van der Waals surface area contributed by atoms with Crippen molar-refractivity contribution >= 4 is 11.9 Å². The molecule has 2 fully saturated rings. The first-order chi connectivity index (χ1) is 15.4. The molecule has 1 amide bonds. The number of likely N-dealkylation sites (tertiary alicyclic amines) is 2. The summed E-state index contributed by atoms with van der Waals surface area (Å²) < 4.78 is 6.51. The van der Waals surface area contributed by atoms with Gasteiger partial charge in [-0.1, -0.05) is 0 Å². The number of aromatic nitrogens is 6. The van der Waals surface area contributed by atoms with Gasteiger partial charge in [-0.3, -0.25) is 4.79 Å². The Morgan fingerprint density at radius 3 is 2.69 bits per heavy atom. The van der Waals surface area contributed by atoms with E-state index >= 15 is 0 Å². The van der Waals surface area contributed by atoms with Crippen LogP contribution < -0.4 is 0 Å². The molecule has 0 saturated carbocycles. The van der Waals surface area contributed by atoms with E-state index in [1.165, 1.54) is 17.1 Å². The maximum Gasteiger partial charge on any atom is 0.333 e. The largest absolute Gasteiger partial charge is 0.456 e. The van der Waals surface area contributed by atoms with Crippen LogP contribution in [0.3, 0.4) is 0 Å². The Labute approximate surface area is 185 Å². The molecule has 3 aliphatic rings. The van der Waals surface area contributed by atoms with E-state index in [-0.39, 0.29) is 29.9 Å². The molecule has 2 saturated heterocycles. The summed E-state index contributed by atoms with van der Waals surface area (Å²) in [6.45, 7) is 6.89. The second kappa shape index (κ2) is 8.05. The summed E-state index contributed by atoms with van der Waals surface area (Å²) in [5.41, 5.74) is 2.38. The van der Waals surface area contributed by atoms with Gasteiger partial charge in [-0.2, -0.15) is 9.78 Å². The third-order valence-electron chi connectivity index (χ3n) is 6.89. The Morgan fingerprint density at radius 1 is 1.22 bits per heavy atom. The Balaban J connectivity index is 1.18. The highest BCUT2D eigenvalue weighted by Crippen LogP contribution is 2.46. The van der Waals surface area contributed by atoms with Gasteiger partial charge in [-0.15, -0.1) is 10.2 Å². The van der Waals surface area contributed by atoms with Gasteiger partial charge >= 0.3 is 5.97 Å². The van der Waals surface area contributed by atoms with Crippen LogP contribution in [-0.4, -0.2) is 84.4 Å². The molecule has 5 heterocycles. The number of ether oxygens (including phenoxy) is 1. The van der Waals surface area contributed by atoms with Crippen LogP contribution in [0, 0.1) is 12.3 Å². The second-order valence-corrected chi connectivity index (χ2v) is 8.93. The van der Waals surface area contributed by atoms with Gasteiger partial charge in [-0.25, -0.2) is 4.79 Å². The van der Waals surface area contributed by atoms with Crippen LogP contribution in [0.15, 0.2) is 24.2 Å². The van der Waals surface area contributed by atoms with Gasteiger partial charge in [0.1, 0.15) is 12.9 Å². The minimum Gasteiger partial charge on any atom is -0.456 e. The first-order valence-corrected chi connectivity index (χ1v) is 11.0. The molecule has 5 rings (SSSR count). The molecule has 0 aromatic carbocycles. The van der Waals surface area contributed by atoms with E-state index in [1.807, 2.05) is 13.0 Å². The summed E-state index contributed by atoms with van der Waals surface area (Å²) in [6.07, 6.45) is 6.23. The molecule has 0 radical (unpaired) electrons. The first kappa shape index (κ1) is 20.7. The van der Waals surface area contributed by atoms with Gasteiger partial charge in [0, 0.05) is 25.1 Å². The predicted octanol–water partition coefficient (Wildman–Crippen LogP) is 0.447. The fourth-order valence-electron chi connectivity index (χ4n) is 5.13. The van der Waals surface area contributed by atoms with Crippen LogP contribution in [0.1, 0.15) is 37.4 Å². The summed E-state index contributed by atoms with van der Waals surface area (Å²) in [5, 5.41) is 19.7. The van der Waals surface area contributed by atoms with Gasteiger partial charge in [0.25, 0.3) is 0 Å². The van der Waals surface area contributed by atoms with Gasteiger partial charge in [-0.05, 0) is 68.3 Å². The van der Waals surface area contributed by atoms with E-state index < -0.39 is 0 Å². The Kier molecular flexibility index (Phi) is 5.20. The molecule has 11 heteroatoms. The SMILES string of the molecule is Cc1cc(-n2cnnn2)nnc1CCN1CCC2(CC1)C[C@H](C)N(C1=CC(=O)OC1)C2=O. The van der Waals surface area contributed by atoms with E-state index in [9.17, 15) is 9.59 Å². The van der Waals surface area contributed by atoms with Crippen molar-refractivity contribution in [2.45, 2.75) is 45.6 Å². The third kappa shape index (κ3) is 3.66. The molecule has 1 atom stereocenters. The quantitative estimate of drug-likeness (QED) is 0.613. The Morgan fingerprint density at radius 2 is 2.03 bits per heavy atom. The standard InChI is InChI=1S/C21H26N8O3/c1-14-9-18(28-13-22-25-26-28)24-23-17(14)3-6-27-7-4-21(5-8-27)11-15(2)29(20(21)31)16-10-19(30)32-12-16/h9-10,13,15H,3-8,11-12H2,1-2H3/t15-/m0/s1. The lowest BCUT2D eigenvalue weighted by Gasteiger charge is -2.38. The van der Waals surface area contributed by atoms with E-state index in [0.29, 0.717) is 11.5 Å². The minimum atomic E-state index is -0.361. The number of nitrogens with zero attached hydrogens (tertiary/aromatic N) is 8. The Hall–Kier alpha value is -3.21. The summed E-state index contributed by atoms with van der Waals surface area (Å²) in [6, 6.07) is 2.02. The average Bonchev–Trinajstić information content (AvgIpc) is 3.50. The lowest BCUT2D eigenvalue weighted by molar-refractivity contribution is -0.138. The number of carbonyl (C=O) groups is 2. The van der Waals surface area contributed by atoms with Crippen molar-refractivity contribution in [3.8, 4) is 5.82 Å². The number of tetrazole rings is 1. The molecular weight excluding hydrogens is 412 g/mol. The van der Waals surface area contributed by atoms with Crippen molar-refractivity contribution in [2.75, 3.05) is 26.2 Å². The average molecular weight is 438 g/mol. The number of aryl methyl sites for hydroxylation is 1. The van der Waals surface area contributed by atoms with Gasteiger partial charge < -0.3 is 14.5 Å². The highest BCUT2D eigenvalue weighted by molar-refractivity contribution is 5.91. The number of piperidine rings is 1. The van der Waals surface area contributed by atoms with Crippen molar-refractivity contribution in [2.24, 2.45) is 5.41 Å². The predicted molar refractivity (Wildman–Crippen MR) is 111 cm³/mol. The number of hydrogen-bond donors (Lipinski definition) is 0. The summed E-state index contributed by atoms with van der Waals surface area (Å²) in [5.74, 6) is 0.383. The molecule has 0 unspecified atom stereocenters. The zero-order valence-electron chi connectivity index (χ0n) is 18.3. The number of cyclic esters (lactones) is 1. The smallest absolute Gasteiger partial charge is 0.333 e. The van der Waals surface area contributed by atoms with Gasteiger partial charge in [0.2, 0.25) is 5.91 Å². The van der Waals surface area contributed by atoms with Gasteiger partial charge in [0.15, 0.2) is 5.82 Å². The zero-order chi connectivity index (χ0) is 22.3. The summed E-state index contributed by atoms with van der Waals surface area (Å²) in [7, 11) is 0. The van der Waals surface area contributed by atoms with Crippen LogP contribution in [0.4, 0.5) is 0 Å². The van der Waals surface area contributed by atoms with Crippen LogP contribution in [0.5, 0.6) is 0 Å². The number of hydrogen-bond acceptors (Lipinski definition) is 9. The van der Waals surface area contributed by atoms with E-state index in [2.05, 4.69) is 37.5 Å². The molecule has 168 valence electrons. The molecule has 11 nitrogen and oxygen atoms in total. The lowest BCUT2D eigenvalue weighted by Crippen LogP contribution is -2.45. The zero-order valence-corrected chi connectivity index (χ0v) is 18.3. The lowest BCUT2D eigenvalue weighted by atomic mass is 9.76. The van der Waals surface area contributed by atoms with Gasteiger partial charge in [0.05, 0.1) is 16.8 Å². The highest BCUT2D eigenvalue weighted by atomic mass is 16.5. The van der Waals surface area contributed by atoms with Crippen molar-refractivity contribution in [3.63, 3.8) is 0 Å². The van der Waals surface area contributed by atoms with E-state index in [1.54, 1.807) is 4.90 Å². The molecule has 0 aliphatic carbocycles. The maximum atomic E-state index is 13.3. The summed E-state index contributed by atoms with van der Waals surface area (Å²) >= 11 is 0. The fraction of sp³-hybridized carbons (Fsp3) is 0.571. The van der Waals surface area contributed by atoms with Crippen LogP contribution >= 0.6 is 0 Å². The normalized spacial score (nSPS) is 23.1. The van der Waals surface area contributed by atoms with Crippen molar-refractivity contribution < 1.29 is 14.3 Å². The second-order valence-electron chi connectivity index (χ2n) is 8.93. The topological polar surface area (TPSA) is 119 Å². The van der Waals surface area contributed by atoms with E-state index in [4.69, 9.17) is 4.74 Å². The molecule has 32 heavy (non-hydrogen) atoms. The molecule has 2 aromatic rings. The van der Waals surface area contributed by atoms with Crippen molar-refractivity contribution in [1.82, 2.24) is 40.2 Å². The molecule has 2 aromatic heterocycles. The highest BCUT2D eigenvalue weighted by Gasteiger charge is 2.52. The molecule has 3 aliphatic heterocycles. The first-order valence-electron chi connectivity index (χ1n) is 11.0. The summed E-state index contributed by atoms with van der Waals surface area (Å²) in [4.78, 5) is 29.0. The Bertz CT molecular complexity index is 1060. The van der Waals surface area contributed by atoms with Crippen molar-refractivity contribution in [1.29, 1.82) is 0 Å². The molecule has 0 N–H and O–H groups in total. The molecule has 1 spiro atoms. The fourth-order valence-corrected chi connectivity index (χ4v) is 5.13. The minimum absolute atomic E-state index is 0.0893. The number of esters is 1. The third-order valence-corrected chi connectivity index (χ3v) is 6.89. The number of carbonyl (C=O) groups excluding carboxylic acids is 2. The van der Waals surface area contributed by atoms with Crippen LogP contribution in [0.2, 0.25) is 0 Å². The van der Waals surface area contributed by atoms with Crippen molar-refractivity contribution in [3.05, 3.63) is 35.4 Å². The van der Waals surface area contributed by atoms with Crippen LogP contribution in [0.25, 0.3) is 5.82 Å².